The van der Waals surface area contributed by atoms with E-state index in [0.29, 0.717) is 22.5 Å². The molecule has 26 heavy (non-hydrogen) atoms. The van der Waals surface area contributed by atoms with Gasteiger partial charge in [-0.3, -0.25) is 4.79 Å². The number of ether oxygens (including phenoxy) is 1. The monoisotopic (exact) mass is 353 g/mol. The van der Waals surface area contributed by atoms with Crippen LogP contribution in [0.4, 0.5) is 0 Å². The third-order valence-corrected chi connectivity index (χ3v) is 3.86. The van der Waals surface area contributed by atoms with E-state index >= 15 is 0 Å². The van der Waals surface area contributed by atoms with Crippen LogP contribution in [0.2, 0.25) is 0 Å². The quantitative estimate of drug-likeness (QED) is 0.664. The van der Waals surface area contributed by atoms with Crippen LogP contribution >= 0.6 is 0 Å². The van der Waals surface area contributed by atoms with Crippen molar-refractivity contribution in [2.75, 3.05) is 13.2 Å². The Morgan fingerprint density at radius 3 is 2.65 bits per heavy atom. The Bertz CT molecular complexity index is 962. The number of rotatable bonds is 6. The van der Waals surface area contributed by atoms with Gasteiger partial charge >= 0.3 is 5.63 Å². The van der Waals surface area contributed by atoms with E-state index in [4.69, 9.17) is 14.3 Å². The van der Waals surface area contributed by atoms with E-state index in [0.717, 1.165) is 5.39 Å². The van der Waals surface area contributed by atoms with E-state index in [1.165, 1.54) is 0 Å². The molecule has 6 nitrogen and oxygen atoms in total. The van der Waals surface area contributed by atoms with Crippen LogP contribution < -0.4 is 15.7 Å². The lowest BCUT2D eigenvalue weighted by molar-refractivity contribution is -0.123. The number of hydrogen-bond donors (Lipinski definition) is 2. The second-order valence-electron chi connectivity index (χ2n) is 5.95. The average molecular weight is 353 g/mol. The third-order valence-electron chi connectivity index (χ3n) is 3.86. The van der Waals surface area contributed by atoms with Gasteiger partial charge in [0, 0.05) is 11.4 Å². The molecular formula is C20H19NO5. The first-order valence-corrected chi connectivity index (χ1v) is 8.23. The molecule has 134 valence electrons. The molecular weight excluding hydrogens is 334 g/mol. The predicted octanol–water partition coefficient (Wildman–Crippen LogP) is 2.34. The van der Waals surface area contributed by atoms with Crippen molar-refractivity contribution in [2.45, 2.75) is 13.0 Å². The summed E-state index contributed by atoms with van der Waals surface area (Å²) in [5, 5.41) is 12.3. The van der Waals surface area contributed by atoms with Crippen LogP contribution in [0.5, 0.6) is 5.75 Å². The summed E-state index contributed by atoms with van der Waals surface area (Å²) >= 11 is 0. The molecule has 0 bridgehead atoms. The Labute approximate surface area is 150 Å². The van der Waals surface area contributed by atoms with Gasteiger partial charge in [-0.1, -0.05) is 30.3 Å². The van der Waals surface area contributed by atoms with E-state index in [9.17, 15) is 9.59 Å². The largest absolute Gasteiger partial charge is 0.484 e. The van der Waals surface area contributed by atoms with Gasteiger partial charge in [-0.05, 0) is 36.8 Å². The maximum atomic E-state index is 12.2. The van der Waals surface area contributed by atoms with Gasteiger partial charge in [0.05, 0.1) is 12.2 Å². The Balaban J connectivity index is 1.73. The van der Waals surface area contributed by atoms with E-state index in [1.54, 1.807) is 43.3 Å². The van der Waals surface area contributed by atoms with Gasteiger partial charge in [0.15, 0.2) is 6.61 Å². The zero-order valence-electron chi connectivity index (χ0n) is 14.3. The Morgan fingerprint density at radius 2 is 1.92 bits per heavy atom. The lowest BCUT2D eigenvalue weighted by atomic mass is 10.1. The van der Waals surface area contributed by atoms with E-state index in [-0.39, 0.29) is 25.2 Å². The lowest BCUT2D eigenvalue weighted by Crippen LogP contribution is -2.38. The maximum Gasteiger partial charge on any atom is 0.344 e. The third kappa shape index (κ3) is 4.10. The van der Waals surface area contributed by atoms with Gasteiger partial charge in [-0.15, -0.1) is 0 Å². The minimum atomic E-state index is -0.408. The summed E-state index contributed by atoms with van der Waals surface area (Å²) in [4.78, 5) is 23.8. The SMILES string of the molecule is CC(CO)NC(=O)COc1ccc(-c2cc3ccccc3oc2=O)cc1. The summed E-state index contributed by atoms with van der Waals surface area (Å²) < 4.78 is 10.8. The number of aliphatic hydroxyl groups excluding tert-OH is 1. The molecule has 0 saturated heterocycles. The Morgan fingerprint density at radius 1 is 1.19 bits per heavy atom. The number of para-hydroxylation sites is 1. The molecule has 1 aromatic heterocycles. The lowest BCUT2D eigenvalue weighted by Gasteiger charge is -2.11. The van der Waals surface area contributed by atoms with Crippen molar-refractivity contribution in [3.8, 4) is 16.9 Å². The molecule has 3 rings (SSSR count). The van der Waals surface area contributed by atoms with Crippen molar-refractivity contribution in [3.63, 3.8) is 0 Å². The number of carbonyl (C=O) groups is 1. The number of nitrogens with one attached hydrogen (secondary N) is 1. The molecule has 2 N–H and O–H groups in total. The van der Waals surface area contributed by atoms with Crippen molar-refractivity contribution in [1.29, 1.82) is 0 Å². The van der Waals surface area contributed by atoms with Gasteiger partial charge in [-0.25, -0.2) is 4.79 Å². The summed E-state index contributed by atoms with van der Waals surface area (Å²) in [6.07, 6.45) is 0. The molecule has 0 fully saturated rings. The number of amides is 1. The smallest absolute Gasteiger partial charge is 0.344 e. The average Bonchev–Trinajstić information content (AvgIpc) is 2.66. The highest BCUT2D eigenvalue weighted by molar-refractivity contribution is 5.81. The Hall–Kier alpha value is -3.12. The van der Waals surface area contributed by atoms with Gasteiger partial charge in [0.1, 0.15) is 11.3 Å². The van der Waals surface area contributed by atoms with Crippen LogP contribution in [-0.4, -0.2) is 30.3 Å². The first-order chi connectivity index (χ1) is 12.6. The number of hydrogen-bond acceptors (Lipinski definition) is 5. The molecule has 0 aliphatic heterocycles. The number of fused-ring (bicyclic) bond motifs is 1. The second-order valence-corrected chi connectivity index (χ2v) is 5.95. The summed E-state index contributed by atoms with van der Waals surface area (Å²) in [7, 11) is 0. The van der Waals surface area contributed by atoms with Crippen LogP contribution in [0.3, 0.4) is 0 Å². The summed E-state index contributed by atoms with van der Waals surface area (Å²) in [6.45, 7) is 1.42. The Kier molecular flexibility index (Phi) is 5.34. The van der Waals surface area contributed by atoms with Crippen molar-refractivity contribution >= 4 is 16.9 Å². The van der Waals surface area contributed by atoms with Gasteiger partial charge in [0.25, 0.3) is 5.91 Å². The predicted molar refractivity (Wildman–Crippen MR) is 98.1 cm³/mol. The minimum absolute atomic E-state index is 0.130. The van der Waals surface area contributed by atoms with Gasteiger partial charge in [-0.2, -0.15) is 0 Å². The summed E-state index contributed by atoms with van der Waals surface area (Å²) in [5.41, 5.74) is 1.30. The maximum absolute atomic E-state index is 12.2. The fourth-order valence-corrected chi connectivity index (χ4v) is 2.50. The standard InChI is InChI=1S/C20H19NO5/c1-13(11-22)21-19(23)12-25-16-8-6-14(7-9-16)17-10-15-4-2-3-5-18(15)26-20(17)24/h2-10,13,22H,11-12H2,1H3,(H,21,23). The topological polar surface area (TPSA) is 88.8 Å². The minimum Gasteiger partial charge on any atom is -0.484 e. The van der Waals surface area contributed by atoms with Crippen LogP contribution in [0.15, 0.2) is 63.8 Å². The van der Waals surface area contributed by atoms with Crippen molar-refractivity contribution in [1.82, 2.24) is 5.32 Å². The van der Waals surface area contributed by atoms with Gasteiger partial charge in [0.2, 0.25) is 0 Å². The van der Waals surface area contributed by atoms with E-state index < -0.39 is 5.63 Å². The molecule has 3 aromatic rings. The molecule has 1 unspecified atom stereocenters. The molecule has 0 radical (unpaired) electrons. The summed E-state index contributed by atoms with van der Waals surface area (Å²) in [6, 6.07) is 15.7. The zero-order valence-corrected chi connectivity index (χ0v) is 14.3. The zero-order chi connectivity index (χ0) is 18.5. The fourth-order valence-electron chi connectivity index (χ4n) is 2.50. The molecule has 1 amide bonds. The molecule has 0 aliphatic carbocycles. The van der Waals surface area contributed by atoms with Crippen molar-refractivity contribution < 1.29 is 19.1 Å². The van der Waals surface area contributed by atoms with E-state index in [2.05, 4.69) is 5.32 Å². The highest BCUT2D eigenvalue weighted by atomic mass is 16.5. The molecule has 2 aromatic carbocycles. The molecule has 1 heterocycles. The van der Waals surface area contributed by atoms with Crippen LogP contribution in [0, 0.1) is 0 Å². The molecule has 0 saturated carbocycles. The molecule has 0 spiro atoms. The number of aliphatic hydroxyl groups is 1. The van der Waals surface area contributed by atoms with E-state index in [1.807, 2.05) is 18.2 Å². The second kappa shape index (κ2) is 7.84. The number of carbonyl (C=O) groups excluding carboxylic acids is 1. The fraction of sp³-hybridized carbons (Fsp3) is 0.200. The first-order valence-electron chi connectivity index (χ1n) is 8.23. The molecule has 0 aliphatic rings. The van der Waals surface area contributed by atoms with Crippen molar-refractivity contribution in [3.05, 3.63) is 65.0 Å². The number of benzene rings is 2. The highest BCUT2D eigenvalue weighted by Crippen LogP contribution is 2.23. The van der Waals surface area contributed by atoms with Crippen LogP contribution in [0.1, 0.15) is 6.92 Å². The molecule has 6 heteroatoms. The van der Waals surface area contributed by atoms with Crippen LogP contribution in [0.25, 0.3) is 22.1 Å². The molecule has 1 atom stereocenters. The highest BCUT2D eigenvalue weighted by Gasteiger charge is 2.09. The van der Waals surface area contributed by atoms with Crippen molar-refractivity contribution in [2.24, 2.45) is 0 Å². The first kappa shape index (κ1) is 17.7. The van der Waals surface area contributed by atoms with Gasteiger partial charge < -0.3 is 19.6 Å². The van der Waals surface area contributed by atoms with Crippen LogP contribution in [-0.2, 0) is 4.79 Å². The normalized spacial score (nSPS) is 11.9. The summed E-state index contributed by atoms with van der Waals surface area (Å²) in [5.74, 6) is 0.191.